The van der Waals surface area contributed by atoms with E-state index in [1.165, 1.54) is 11.1 Å². The van der Waals surface area contributed by atoms with Crippen molar-refractivity contribution in [2.45, 2.75) is 13.0 Å². The van der Waals surface area contributed by atoms with Gasteiger partial charge in [0.15, 0.2) is 0 Å². The fraction of sp³-hybridized carbons (Fsp3) is 0.176. The first kappa shape index (κ1) is 12.8. The molecule has 0 aliphatic rings. The predicted octanol–water partition coefficient (Wildman–Crippen LogP) is 3.25. The minimum absolute atomic E-state index is 0.0620. The summed E-state index contributed by atoms with van der Waals surface area (Å²) in [5, 5.41) is 3.32. The van der Waals surface area contributed by atoms with Crippen molar-refractivity contribution < 1.29 is 0 Å². The predicted molar refractivity (Wildman–Crippen MR) is 81.6 cm³/mol. The van der Waals surface area contributed by atoms with E-state index >= 15 is 0 Å². The van der Waals surface area contributed by atoms with Crippen LogP contribution in [0.3, 0.4) is 0 Å². The molecule has 0 aliphatic carbocycles. The largest absolute Gasteiger partial charge is 0.308 e. The molecule has 3 nitrogen and oxygen atoms in total. The zero-order valence-corrected chi connectivity index (χ0v) is 11.7. The number of aryl methyl sites for hydroxylation is 1. The molecule has 3 heteroatoms. The molecule has 0 bridgehead atoms. The van der Waals surface area contributed by atoms with E-state index in [0.717, 1.165) is 16.7 Å². The summed E-state index contributed by atoms with van der Waals surface area (Å²) >= 11 is 0. The zero-order valence-electron chi connectivity index (χ0n) is 11.7. The van der Waals surface area contributed by atoms with Crippen molar-refractivity contribution >= 4 is 11.0 Å². The summed E-state index contributed by atoms with van der Waals surface area (Å²) in [6, 6.07) is 16.5. The van der Waals surface area contributed by atoms with Crippen molar-refractivity contribution in [1.82, 2.24) is 15.3 Å². The van der Waals surface area contributed by atoms with Crippen LogP contribution in [0.25, 0.3) is 11.0 Å². The summed E-state index contributed by atoms with van der Waals surface area (Å²) in [5.41, 5.74) is 5.25. The van der Waals surface area contributed by atoms with E-state index in [4.69, 9.17) is 4.98 Å². The normalized spacial score (nSPS) is 12.5. The minimum atomic E-state index is 0.0620. The van der Waals surface area contributed by atoms with Gasteiger partial charge >= 0.3 is 0 Å². The Kier molecular flexibility index (Phi) is 3.44. The van der Waals surface area contributed by atoms with Gasteiger partial charge in [0.2, 0.25) is 0 Å². The average molecular weight is 263 g/mol. The first-order valence-electron chi connectivity index (χ1n) is 6.73. The van der Waals surface area contributed by atoms with Crippen molar-refractivity contribution in [3.8, 4) is 0 Å². The molecule has 0 saturated carbocycles. The lowest BCUT2D eigenvalue weighted by Gasteiger charge is -2.16. The molecule has 3 rings (SSSR count). The molecule has 3 aromatic rings. The lowest BCUT2D eigenvalue weighted by Crippen LogP contribution is -2.19. The lowest BCUT2D eigenvalue weighted by molar-refractivity contribution is 0.670. The molecule has 20 heavy (non-hydrogen) atoms. The zero-order chi connectivity index (χ0) is 13.9. The summed E-state index contributed by atoms with van der Waals surface area (Å²) in [6.45, 7) is 2.10. The maximum absolute atomic E-state index is 4.73. The Hall–Kier alpha value is -2.26. The first-order valence-corrected chi connectivity index (χ1v) is 6.73. The van der Waals surface area contributed by atoms with E-state index in [1.807, 2.05) is 37.5 Å². The number of hydrogen-bond acceptors (Lipinski definition) is 3. The molecule has 0 saturated heterocycles. The van der Waals surface area contributed by atoms with Crippen LogP contribution >= 0.6 is 0 Å². The second-order valence-electron chi connectivity index (χ2n) is 4.92. The Morgan fingerprint density at radius 2 is 1.80 bits per heavy atom. The first-order chi connectivity index (χ1) is 9.78. The Morgan fingerprint density at radius 1 is 1.00 bits per heavy atom. The number of nitrogens with one attached hydrogen (secondary N) is 1. The highest BCUT2D eigenvalue weighted by Gasteiger charge is 2.14. The highest BCUT2D eigenvalue weighted by Crippen LogP contribution is 2.22. The number of rotatable bonds is 3. The smallest absolute Gasteiger partial charge is 0.0890 e. The maximum Gasteiger partial charge on any atom is 0.0890 e. The van der Waals surface area contributed by atoms with Crippen molar-refractivity contribution in [2.24, 2.45) is 0 Å². The van der Waals surface area contributed by atoms with Gasteiger partial charge in [0, 0.05) is 0 Å². The highest BCUT2D eigenvalue weighted by molar-refractivity contribution is 5.73. The third kappa shape index (κ3) is 2.40. The van der Waals surface area contributed by atoms with Crippen LogP contribution in [0.2, 0.25) is 0 Å². The molecule has 1 N–H and O–H groups in total. The van der Waals surface area contributed by atoms with Crippen LogP contribution in [0.5, 0.6) is 0 Å². The fourth-order valence-electron chi connectivity index (χ4n) is 2.45. The molecule has 0 radical (unpaired) electrons. The molecular weight excluding hydrogens is 246 g/mol. The van der Waals surface area contributed by atoms with Crippen molar-refractivity contribution in [2.75, 3.05) is 7.05 Å². The standard InChI is InChI=1S/C17H17N3/c1-12-6-5-7-13(10-12)17(18-2)16-11-19-14-8-3-4-9-15(14)20-16/h3-11,17-18H,1-2H3. The van der Waals surface area contributed by atoms with Gasteiger partial charge < -0.3 is 5.32 Å². The van der Waals surface area contributed by atoms with Gasteiger partial charge in [0.05, 0.1) is 29.0 Å². The van der Waals surface area contributed by atoms with Crippen LogP contribution in [0, 0.1) is 6.92 Å². The van der Waals surface area contributed by atoms with Crippen LogP contribution in [0.4, 0.5) is 0 Å². The van der Waals surface area contributed by atoms with Gasteiger partial charge in [-0.2, -0.15) is 0 Å². The molecule has 0 fully saturated rings. The van der Waals surface area contributed by atoms with E-state index in [9.17, 15) is 0 Å². The van der Waals surface area contributed by atoms with Crippen LogP contribution in [0.1, 0.15) is 22.9 Å². The van der Waals surface area contributed by atoms with E-state index < -0.39 is 0 Å². The number of fused-ring (bicyclic) bond motifs is 1. The highest BCUT2D eigenvalue weighted by atomic mass is 14.9. The van der Waals surface area contributed by atoms with E-state index in [1.54, 1.807) is 0 Å². The summed E-state index contributed by atoms with van der Waals surface area (Å²) < 4.78 is 0. The van der Waals surface area contributed by atoms with Gasteiger partial charge in [0.25, 0.3) is 0 Å². The fourth-order valence-corrected chi connectivity index (χ4v) is 2.45. The summed E-state index contributed by atoms with van der Waals surface area (Å²) in [6.07, 6.45) is 1.85. The van der Waals surface area contributed by atoms with Gasteiger partial charge in [-0.25, -0.2) is 4.98 Å². The lowest BCUT2D eigenvalue weighted by atomic mass is 10.0. The average Bonchev–Trinajstić information content (AvgIpc) is 2.48. The Morgan fingerprint density at radius 3 is 2.55 bits per heavy atom. The molecule has 1 unspecified atom stereocenters. The topological polar surface area (TPSA) is 37.8 Å². The molecule has 0 amide bonds. The third-order valence-corrected chi connectivity index (χ3v) is 3.43. The van der Waals surface area contributed by atoms with Gasteiger partial charge in [0.1, 0.15) is 0 Å². The van der Waals surface area contributed by atoms with E-state index in [-0.39, 0.29) is 6.04 Å². The molecule has 1 aromatic heterocycles. The van der Waals surface area contributed by atoms with Crippen LogP contribution in [0.15, 0.2) is 54.7 Å². The number of hydrogen-bond donors (Lipinski definition) is 1. The second kappa shape index (κ2) is 5.39. The molecule has 0 spiro atoms. The molecule has 1 heterocycles. The van der Waals surface area contributed by atoms with Gasteiger partial charge in [-0.15, -0.1) is 0 Å². The Labute approximate surface area is 118 Å². The van der Waals surface area contributed by atoms with Gasteiger partial charge in [-0.05, 0) is 31.7 Å². The second-order valence-corrected chi connectivity index (χ2v) is 4.92. The Balaban J connectivity index is 2.07. The SMILES string of the molecule is CNC(c1cccc(C)c1)c1cnc2ccccc2n1. The van der Waals surface area contributed by atoms with Crippen LogP contribution in [-0.2, 0) is 0 Å². The maximum atomic E-state index is 4.73. The monoisotopic (exact) mass is 263 g/mol. The molecule has 0 aliphatic heterocycles. The number of para-hydroxylation sites is 2. The molecule has 2 aromatic carbocycles. The van der Waals surface area contributed by atoms with Crippen LogP contribution < -0.4 is 5.32 Å². The summed E-state index contributed by atoms with van der Waals surface area (Å²) in [7, 11) is 1.95. The Bertz CT molecular complexity index is 737. The van der Waals surface area contributed by atoms with Crippen molar-refractivity contribution in [3.63, 3.8) is 0 Å². The number of nitrogens with zero attached hydrogens (tertiary/aromatic N) is 2. The van der Waals surface area contributed by atoms with Gasteiger partial charge in [-0.3, -0.25) is 4.98 Å². The quantitative estimate of drug-likeness (QED) is 0.788. The summed E-state index contributed by atoms with van der Waals surface area (Å²) in [4.78, 5) is 9.22. The van der Waals surface area contributed by atoms with E-state index in [2.05, 4.69) is 41.5 Å². The summed E-state index contributed by atoms with van der Waals surface area (Å²) in [5.74, 6) is 0. The van der Waals surface area contributed by atoms with Crippen molar-refractivity contribution in [3.05, 3.63) is 71.5 Å². The molecule has 1 atom stereocenters. The number of aromatic nitrogens is 2. The third-order valence-electron chi connectivity index (χ3n) is 3.43. The molecular formula is C17H17N3. The van der Waals surface area contributed by atoms with Crippen molar-refractivity contribution in [1.29, 1.82) is 0 Å². The minimum Gasteiger partial charge on any atom is -0.308 e. The van der Waals surface area contributed by atoms with Gasteiger partial charge in [-0.1, -0.05) is 42.0 Å². The van der Waals surface area contributed by atoms with E-state index in [0.29, 0.717) is 0 Å². The van der Waals surface area contributed by atoms with Crippen LogP contribution in [-0.4, -0.2) is 17.0 Å². The molecule has 100 valence electrons. The number of benzene rings is 2.